The molecule has 0 unspecified atom stereocenters. The summed E-state index contributed by atoms with van der Waals surface area (Å²) in [6.45, 7) is 6.99. The summed E-state index contributed by atoms with van der Waals surface area (Å²) in [4.78, 5) is 4.56. The van der Waals surface area contributed by atoms with Gasteiger partial charge in [0.25, 0.3) is 0 Å². The van der Waals surface area contributed by atoms with E-state index in [-0.39, 0.29) is 5.54 Å². The Hall–Kier alpha value is -0.635. The summed E-state index contributed by atoms with van der Waals surface area (Å²) >= 11 is 3.57. The van der Waals surface area contributed by atoms with Crippen LogP contribution in [0, 0.1) is 0 Å². The van der Waals surface area contributed by atoms with Crippen LogP contribution < -0.4 is 0 Å². The first-order chi connectivity index (χ1) is 6.50. The molecule has 2 rings (SSSR count). The standard InChI is InChI=1S/C10H14BBrN2/c1-10(2,3)14-8-9(12)13-7-5-4-6-11(13)14/h4-8H,1-3H3. The van der Waals surface area contributed by atoms with Crippen LogP contribution in [0.1, 0.15) is 20.8 Å². The van der Waals surface area contributed by atoms with Crippen molar-refractivity contribution in [1.29, 1.82) is 0 Å². The van der Waals surface area contributed by atoms with Crippen molar-refractivity contribution >= 4 is 22.9 Å². The van der Waals surface area contributed by atoms with E-state index in [1.54, 1.807) is 0 Å². The van der Waals surface area contributed by atoms with Crippen molar-refractivity contribution in [3.05, 3.63) is 35.1 Å². The van der Waals surface area contributed by atoms with Crippen LogP contribution in [0.4, 0.5) is 0 Å². The van der Waals surface area contributed by atoms with E-state index in [9.17, 15) is 0 Å². The molecule has 2 heterocycles. The van der Waals surface area contributed by atoms with E-state index >= 15 is 0 Å². The van der Waals surface area contributed by atoms with Crippen molar-refractivity contribution in [2.45, 2.75) is 26.3 Å². The Morgan fingerprint density at radius 3 is 2.64 bits per heavy atom. The minimum atomic E-state index is 0.147. The van der Waals surface area contributed by atoms with Crippen LogP contribution in [-0.4, -0.2) is 22.1 Å². The zero-order chi connectivity index (χ0) is 10.3. The van der Waals surface area contributed by atoms with Gasteiger partial charge in [-0.1, -0.05) is 12.1 Å². The second kappa shape index (κ2) is 3.19. The Kier molecular flexibility index (Phi) is 2.26. The Labute approximate surface area is 94.2 Å². The zero-order valence-electron chi connectivity index (χ0n) is 8.74. The zero-order valence-corrected chi connectivity index (χ0v) is 10.3. The second-order valence-corrected chi connectivity index (χ2v) is 5.39. The van der Waals surface area contributed by atoms with Crippen molar-refractivity contribution in [2.24, 2.45) is 0 Å². The van der Waals surface area contributed by atoms with E-state index in [2.05, 4.69) is 76.9 Å². The van der Waals surface area contributed by atoms with Crippen LogP contribution in [0.25, 0.3) is 0 Å². The van der Waals surface area contributed by atoms with Crippen LogP contribution >= 0.6 is 15.9 Å². The summed E-state index contributed by atoms with van der Waals surface area (Å²) in [6.07, 6.45) is 8.40. The smallest absolute Gasteiger partial charge is 0.391 e. The molecule has 0 atom stereocenters. The minimum Gasteiger partial charge on any atom is -0.391 e. The molecule has 0 aliphatic carbocycles. The lowest BCUT2D eigenvalue weighted by Gasteiger charge is -2.37. The fourth-order valence-electron chi connectivity index (χ4n) is 1.76. The molecular formula is C10H14BBrN2. The molecule has 0 aromatic rings. The van der Waals surface area contributed by atoms with E-state index in [0.29, 0.717) is 6.98 Å². The van der Waals surface area contributed by atoms with Crippen LogP contribution in [0.15, 0.2) is 35.1 Å². The molecule has 4 heteroatoms. The van der Waals surface area contributed by atoms with Gasteiger partial charge in [-0.05, 0) is 49.0 Å². The second-order valence-electron chi connectivity index (χ2n) is 4.58. The van der Waals surface area contributed by atoms with Gasteiger partial charge >= 0.3 is 6.98 Å². The largest absolute Gasteiger partial charge is 0.408 e. The molecule has 14 heavy (non-hydrogen) atoms. The average Bonchev–Trinajstić information content (AvgIpc) is 2.44. The van der Waals surface area contributed by atoms with E-state index in [1.807, 2.05) is 0 Å². The summed E-state index contributed by atoms with van der Waals surface area (Å²) in [7, 11) is 0. The molecule has 0 saturated carbocycles. The highest BCUT2D eigenvalue weighted by Crippen LogP contribution is 2.32. The van der Waals surface area contributed by atoms with E-state index in [0.717, 1.165) is 4.61 Å². The fraction of sp³-hybridized carbons (Fsp3) is 0.400. The quantitative estimate of drug-likeness (QED) is 0.483. The van der Waals surface area contributed by atoms with Gasteiger partial charge in [0, 0.05) is 11.7 Å². The first kappa shape index (κ1) is 9.90. The topological polar surface area (TPSA) is 6.48 Å². The molecule has 0 aromatic carbocycles. The molecule has 0 radical (unpaired) electrons. The van der Waals surface area contributed by atoms with E-state index in [1.165, 1.54) is 0 Å². The SMILES string of the molecule is CC(C)(C)N1C=C(Br)N2C=CC=CB21. The summed E-state index contributed by atoms with van der Waals surface area (Å²) in [6, 6.07) is 0. The average molecular weight is 253 g/mol. The molecule has 2 aliphatic heterocycles. The lowest BCUT2D eigenvalue weighted by molar-refractivity contribution is 0.324. The fourth-order valence-corrected chi connectivity index (χ4v) is 2.31. The van der Waals surface area contributed by atoms with Crippen molar-refractivity contribution in [2.75, 3.05) is 0 Å². The van der Waals surface area contributed by atoms with Gasteiger partial charge in [-0.25, -0.2) is 0 Å². The summed E-state index contributed by atoms with van der Waals surface area (Å²) in [5.41, 5.74) is 0.147. The first-order valence-electron chi connectivity index (χ1n) is 4.79. The van der Waals surface area contributed by atoms with E-state index in [4.69, 9.17) is 0 Å². The van der Waals surface area contributed by atoms with Gasteiger partial charge in [-0.3, -0.25) is 0 Å². The lowest BCUT2D eigenvalue weighted by Crippen LogP contribution is -2.50. The monoisotopic (exact) mass is 252 g/mol. The summed E-state index contributed by atoms with van der Waals surface area (Å²) < 4.78 is 1.12. The highest BCUT2D eigenvalue weighted by molar-refractivity contribution is 9.11. The molecule has 0 saturated heterocycles. The number of hydrogen-bond donors (Lipinski definition) is 0. The predicted molar refractivity (Wildman–Crippen MR) is 64.5 cm³/mol. The maximum atomic E-state index is 3.57. The number of fused-ring (bicyclic) bond motifs is 1. The van der Waals surface area contributed by atoms with Gasteiger partial charge in [-0.2, -0.15) is 0 Å². The Bertz CT molecular complexity index is 328. The third kappa shape index (κ3) is 1.52. The number of rotatable bonds is 0. The number of halogens is 1. The Morgan fingerprint density at radius 2 is 2.00 bits per heavy atom. The molecule has 0 spiro atoms. The van der Waals surface area contributed by atoms with Crippen molar-refractivity contribution in [3.8, 4) is 0 Å². The molecule has 2 aliphatic rings. The first-order valence-corrected chi connectivity index (χ1v) is 5.58. The summed E-state index contributed by atoms with van der Waals surface area (Å²) in [5.74, 6) is 2.20. The Balaban J connectivity index is 2.31. The number of nitrogens with zero attached hydrogens (tertiary/aromatic N) is 2. The molecular weight excluding hydrogens is 239 g/mol. The molecule has 74 valence electrons. The summed E-state index contributed by atoms with van der Waals surface area (Å²) in [5, 5.41) is 0. The van der Waals surface area contributed by atoms with Crippen molar-refractivity contribution in [3.63, 3.8) is 0 Å². The van der Waals surface area contributed by atoms with Gasteiger partial charge in [0.15, 0.2) is 0 Å². The highest BCUT2D eigenvalue weighted by atomic mass is 79.9. The van der Waals surface area contributed by atoms with Gasteiger partial charge in [0.1, 0.15) is 0 Å². The van der Waals surface area contributed by atoms with Crippen LogP contribution in [0.2, 0.25) is 0 Å². The maximum Gasteiger partial charge on any atom is 0.408 e. The normalized spacial score (nSPS) is 20.3. The highest BCUT2D eigenvalue weighted by Gasteiger charge is 2.39. The van der Waals surface area contributed by atoms with Gasteiger partial charge < -0.3 is 9.62 Å². The van der Waals surface area contributed by atoms with Gasteiger partial charge in [0.05, 0.1) is 4.61 Å². The van der Waals surface area contributed by atoms with Crippen LogP contribution in [0.5, 0.6) is 0 Å². The minimum absolute atomic E-state index is 0.147. The molecule has 2 nitrogen and oxygen atoms in total. The van der Waals surface area contributed by atoms with Gasteiger partial charge in [-0.15, -0.1) is 0 Å². The third-order valence-corrected chi connectivity index (χ3v) is 3.09. The van der Waals surface area contributed by atoms with Crippen LogP contribution in [-0.2, 0) is 0 Å². The predicted octanol–water partition coefficient (Wildman–Crippen LogP) is 2.71. The number of hydrogen-bond acceptors (Lipinski definition) is 2. The van der Waals surface area contributed by atoms with E-state index < -0.39 is 0 Å². The van der Waals surface area contributed by atoms with Crippen molar-refractivity contribution in [1.82, 2.24) is 9.62 Å². The molecule has 0 fully saturated rings. The molecule has 0 aromatic heterocycles. The maximum absolute atomic E-state index is 3.57. The molecule has 0 N–H and O–H groups in total. The lowest BCUT2D eigenvalue weighted by atomic mass is 9.69. The third-order valence-electron chi connectivity index (χ3n) is 2.48. The molecule has 0 amide bonds. The Morgan fingerprint density at radius 1 is 1.29 bits per heavy atom. The van der Waals surface area contributed by atoms with Crippen molar-refractivity contribution < 1.29 is 0 Å². The van der Waals surface area contributed by atoms with Crippen LogP contribution in [0.3, 0.4) is 0 Å². The number of allylic oxidation sites excluding steroid dienone is 2. The van der Waals surface area contributed by atoms with Gasteiger partial charge in [0.2, 0.25) is 0 Å². The molecule has 0 bridgehead atoms.